The number of rotatable bonds is 5. The summed E-state index contributed by atoms with van der Waals surface area (Å²) in [6.07, 6.45) is 4.92. The Morgan fingerprint density at radius 1 is 1.12 bits per heavy atom. The summed E-state index contributed by atoms with van der Waals surface area (Å²) in [5.74, 6) is -0.205. The summed E-state index contributed by atoms with van der Waals surface area (Å²) in [7, 11) is 0. The Kier molecular flexibility index (Phi) is 4.81. The number of nitrogens with one attached hydrogen (secondary N) is 2. The predicted molar refractivity (Wildman–Crippen MR) is 97.0 cm³/mol. The molecule has 0 bridgehead atoms. The van der Waals surface area contributed by atoms with E-state index in [4.69, 9.17) is 0 Å². The zero-order chi connectivity index (χ0) is 16.8. The van der Waals surface area contributed by atoms with Gasteiger partial charge in [-0.25, -0.2) is 5.43 Å². The normalized spacial score (nSPS) is 12.2. The number of carbonyl (C=O) groups is 1. The van der Waals surface area contributed by atoms with Crippen molar-refractivity contribution in [3.8, 4) is 0 Å². The van der Waals surface area contributed by atoms with E-state index in [-0.39, 0.29) is 5.91 Å². The first-order valence-corrected chi connectivity index (χ1v) is 7.71. The van der Waals surface area contributed by atoms with Crippen LogP contribution in [0.25, 0.3) is 10.8 Å². The van der Waals surface area contributed by atoms with Crippen LogP contribution in [-0.2, 0) is 4.79 Å². The van der Waals surface area contributed by atoms with Gasteiger partial charge in [-0.05, 0) is 35.9 Å². The maximum atomic E-state index is 12.1. The van der Waals surface area contributed by atoms with Crippen molar-refractivity contribution >= 4 is 28.6 Å². The van der Waals surface area contributed by atoms with E-state index >= 15 is 0 Å². The van der Waals surface area contributed by atoms with Crippen molar-refractivity contribution in [3.05, 3.63) is 72.6 Å². The molecule has 0 aliphatic heterocycles. The quantitative estimate of drug-likeness (QED) is 0.561. The average Bonchev–Trinajstić information content (AvgIpc) is 2.62. The Bertz CT molecular complexity index is 861. The molecule has 2 aromatic carbocycles. The first-order chi connectivity index (χ1) is 11.7. The molecule has 0 radical (unpaired) electrons. The van der Waals surface area contributed by atoms with E-state index in [2.05, 4.69) is 26.9 Å². The third kappa shape index (κ3) is 3.95. The molecule has 0 aliphatic carbocycles. The molecule has 3 rings (SSSR count). The molecular formula is C19H18N4O. The maximum absolute atomic E-state index is 12.1. The molecule has 1 amide bonds. The monoisotopic (exact) mass is 318 g/mol. The van der Waals surface area contributed by atoms with Crippen LogP contribution in [0.2, 0.25) is 0 Å². The molecule has 1 unspecified atom stereocenters. The molecule has 3 aromatic rings. The van der Waals surface area contributed by atoms with E-state index in [9.17, 15) is 4.79 Å². The van der Waals surface area contributed by atoms with Gasteiger partial charge in [0.25, 0.3) is 5.91 Å². The number of hydrazone groups is 1. The summed E-state index contributed by atoms with van der Waals surface area (Å²) in [4.78, 5) is 16.1. The fourth-order valence-electron chi connectivity index (χ4n) is 2.31. The van der Waals surface area contributed by atoms with Crippen LogP contribution in [0.5, 0.6) is 0 Å². The molecule has 1 aromatic heterocycles. The Morgan fingerprint density at radius 3 is 2.75 bits per heavy atom. The Labute approximate surface area is 140 Å². The second-order valence-electron chi connectivity index (χ2n) is 5.45. The zero-order valence-corrected chi connectivity index (χ0v) is 13.3. The third-order valence-electron chi connectivity index (χ3n) is 3.60. The number of benzene rings is 2. The van der Waals surface area contributed by atoms with Gasteiger partial charge in [-0.15, -0.1) is 0 Å². The molecule has 5 heteroatoms. The Hall–Kier alpha value is -3.21. The molecule has 0 saturated carbocycles. The molecule has 0 spiro atoms. The molecule has 120 valence electrons. The molecular weight excluding hydrogens is 300 g/mol. The van der Waals surface area contributed by atoms with E-state index in [1.54, 1.807) is 25.5 Å². The summed E-state index contributed by atoms with van der Waals surface area (Å²) < 4.78 is 0. The van der Waals surface area contributed by atoms with Crippen molar-refractivity contribution in [2.75, 3.05) is 5.32 Å². The van der Waals surface area contributed by atoms with Gasteiger partial charge >= 0.3 is 0 Å². The minimum absolute atomic E-state index is 0.205. The first kappa shape index (κ1) is 15.7. The summed E-state index contributed by atoms with van der Waals surface area (Å²) in [6, 6.07) is 17.4. The number of nitrogens with zero attached hydrogens (tertiary/aromatic N) is 2. The summed E-state index contributed by atoms with van der Waals surface area (Å²) in [5.41, 5.74) is 4.25. The lowest BCUT2D eigenvalue weighted by Crippen LogP contribution is -2.34. The zero-order valence-electron chi connectivity index (χ0n) is 13.3. The molecule has 24 heavy (non-hydrogen) atoms. The van der Waals surface area contributed by atoms with Crippen molar-refractivity contribution < 1.29 is 4.79 Å². The van der Waals surface area contributed by atoms with Crippen molar-refractivity contribution in [1.29, 1.82) is 0 Å². The van der Waals surface area contributed by atoms with Crippen LogP contribution in [0.3, 0.4) is 0 Å². The van der Waals surface area contributed by atoms with Gasteiger partial charge in [0.2, 0.25) is 0 Å². The van der Waals surface area contributed by atoms with Crippen molar-refractivity contribution in [1.82, 2.24) is 10.4 Å². The van der Waals surface area contributed by atoms with Gasteiger partial charge in [-0.1, -0.05) is 36.4 Å². The number of hydrogen-bond acceptors (Lipinski definition) is 4. The second kappa shape index (κ2) is 7.37. The predicted octanol–water partition coefficient (Wildman–Crippen LogP) is 3.19. The van der Waals surface area contributed by atoms with Gasteiger partial charge in [0.1, 0.15) is 6.04 Å². The number of anilines is 1. The smallest absolute Gasteiger partial charge is 0.262 e. The molecule has 1 atom stereocenters. The van der Waals surface area contributed by atoms with Crippen LogP contribution in [-0.4, -0.2) is 23.1 Å². The molecule has 1 heterocycles. The van der Waals surface area contributed by atoms with Gasteiger partial charge in [0.15, 0.2) is 0 Å². The van der Waals surface area contributed by atoms with Crippen LogP contribution in [0.1, 0.15) is 12.5 Å². The lowest BCUT2D eigenvalue weighted by Gasteiger charge is -2.14. The van der Waals surface area contributed by atoms with Crippen molar-refractivity contribution in [2.24, 2.45) is 5.10 Å². The number of aromatic nitrogens is 1. The molecule has 2 N–H and O–H groups in total. The Morgan fingerprint density at radius 2 is 1.96 bits per heavy atom. The topological polar surface area (TPSA) is 66.4 Å². The van der Waals surface area contributed by atoms with Crippen LogP contribution in [0.4, 0.5) is 5.69 Å². The number of carbonyl (C=O) groups excluding carboxylic acids is 1. The van der Waals surface area contributed by atoms with Crippen molar-refractivity contribution in [3.63, 3.8) is 0 Å². The van der Waals surface area contributed by atoms with Crippen LogP contribution in [0, 0.1) is 0 Å². The summed E-state index contributed by atoms with van der Waals surface area (Å²) in [6.45, 7) is 1.80. The molecule has 0 aliphatic rings. The fourth-order valence-corrected chi connectivity index (χ4v) is 2.31. The van der Waals surface area contributed by atoms with Gasteiger partial charge in [0.05, 0.1) is 6.21 Å². The highest BCUT2D eigenvalue weighted by atomic mass is 16.2. The minimum atomic E-state index is -0.405. The number of fused-ring (bicyclic) bond motifs is 1. The standard InChI is InChI=1S/C19H18N4O/c1-14(19(24)23-21-13-15-5-4-10-20-12-15)22-18-9-8-16-6-2-3-7-17(16)11-18/h2-14,22H,1H3,(H,23,24)/b21-13+. The van der Waals surface area contributed by atoms with Gasteiger partial charge in [-0.2, -0.15) is 5.10 Å². The van der Waals surface area contributed by atoms with E-state index in [1.165, 1.54) is 5.39 Å². The first-order valence-electron chi connectivity index (χ1n) is 7.71. The number of amides is 1. The van der Waals surface area contributed by atoms with Crippen LogP contribution in [0.15, 0.2) is 72.1 Å². The molecule has 0 saturated heterocycles. The van der Waals surface area contributed by atoms with E-state index in [0.717, 1.165) is 16.6 Å². The van der Waals surface area contributed by atoms with E-state index in [1.807, 2.05) is 48.5 Å². The number of hydrogen-bond donors (Lipinski definition) is 2. The lowest BCUT2D eigenvalue weighted by molar-refractivity contribution is -0.121. The van der Waals surface area contributed by atoms with E-state index in [0.29, 0.717) is 0 Å². The van der Waals surface area contributed by atoms with Gasteiger partial charge in [0, 0.05) is 23.6 Å². The summed E-state index contributed by atoms with van der Waals surface area (Å²) in [5, 5.41) is 9.43. The summed E-state index contributed by atoms with van der Waals surface area (Å²) >= 11 is 0. The molecule has 5 nitrogen and oxygen atoms in total. The van der Waals surface area contributed by atoms with Gasteiger partial charge in [-0.3, -0.25) is 9.78 Å². The van der Waals surface area contributed by atoms with Crippen LogP contribution < -0.4 is 10.7 Å². The highest BCUT2D eigenvalue weighted by Gasteiger charge is 2.11. The maximum Gasteiger partial charge on any atom is 0.262 e. The number of pyridine rings is 1. The van der Waals surface area contributed by atoms with Crippen molar-refractivity contribution in [2.45, 2.75) is 13.0 Å². The second-order valence-corrected chi connectivity index (χ2v) is 5.45. The highest BCUT2D eigenvalue weighted by Crippen LogP contribution is 2.19. The average molecular weight is 318 g/mol. The van der Waals surface area contributed by atoms with Gasteiger partial charge < -0.3 is 5.32 Å². The largest absolute Gasteiger partial charge is 0.374 e. The highest BCUT2D eigenvalue weighted by molar-refractivity contribution is 5.89. The third-order valence-corrected chi connectivity index (χ3v) is 3.60. The lowest BCUT2D eigenvalue weighted by atomic mass is 10.1. The molecule has 0 fully saturated rings. The fraction of sp³-hybridized carbons (Fsp3) is 0.105. The Balaban J connectivity index is 1.59. The van der Waals surface area contributed by atoms with Crippen LogP contribution >= 0.6 is 0 Å². The SMILES string of the molecule is CC(Nc1ccc2ccccc2c1)C(=O)N/N=C/c1cccnc1. The minimum Gasteiger partial charge on any atom is -0.374 e. The van der Waals surface area contributed by atoms with E-state index < -0.39 is 6.04 Å².